The Hall–Kier alpha value is -3.50. The number of terminal acetylenes is 1. The van der Waals surface area contributed by atoms with E-state index in [1.54, 1.807) is 42.5 Å². The summed E-state index contributed by atoms with van der Waals surface area (Å²) in [5.41, 5.74) is 1.82. The maximum absolute atomic E-state index is 12.2. The minimum atomic E-state index is -0.972. The summed E-state index contributed by atoms with van der Waals surface area (Å²) in [6.45, 7) is 0.256. The fraction of sp³-hybridized carbons (Fsp3) is 0.0952. The highest BCUT2D eigenvalue weighted by atomic mass is 32.2. The monoisotopic (exact) mass is 393 g/mol. The number of hydrogen-bond donors (Lipinski definition) is 1. The summed E-state index contributed by atoms with van der Waals surface area (Å²) >= 11 is 0.861. The summed E-state index contributed by atoms with van der Waals surface area (Å²) in [5, 5.41) is 8.52. The summed E-state index contributed by atoms with van der Waals surface area (Å²) in [7, 11) is 0. The summed E-state index contributed by atoms with van der Waals surface area (Å²) in [5.74, 6) is 1.56. The van der Waals surface area contributed by atoms with Crippen molar-refractivity contribution in [3.63, 3.8) is 0 Å². The van der Waals surface area contributed by atoms with Crippen molar-refractivity contribution in [2.45, 2.75) is 6.61 Å². The highest BCUT2D eigenvalue weighted by Gasteiger charge is 2.34. The van der Waals surface area contributed by atoms with Gasteiger partial charge in [0.1, 0.15) is 12.4 Å². The molecule has 0 bridgehead atoms. The lowest BCUT2D eigenvalue weighted by Crippen LogP contribution is -2.28. The largest absolute Gasteiger partial charge is 0.489 e. The van der Waals surface area contributed by atoms with Gasteiger partial charge in [0.25, 0.3) is 11.1 Å². The standard InChI is InChI=1S/C21H15NO5S/c1-2-11-22-19(23)18(28-21(22)26)12-14-5-9-17(10-6-14)27-13-15-3-7-16(8-4-15)20(24)25/h1,3-10,12H,11,13H2,(H,24,25). The molecule has 28 heavy (non-hydrogen) atoms. The molecule has 7 heteroatoms. The first-order chi connectivity index (χ1) is 13.5. The SMILES string of the molecule is C#CCN1C(=O)SC(=Cc2ccc(OCc3ccc(C(=O)O)cc3)cc2)C1=O. The van der Waals surface area contributed by atoms with Gasteiger partial charge in [0.2, 0.25) is 0 Å². The molecule has 0 spiro atoms. The summed E-state index contributed by atoms with van der Waals surface area (Å²) in [4.78, 5) is 36.2. The molecule has 6 nitrogen and oxygen atoms in total. The zero-order valence-electron chi connectivity index (χ0n) is 14.6. The Bertz CT molecular complexity index is 987. The first-order valence-corrected chi connectivity index (χ1v) is 9.03. The fourth-order valence-electron chi connectivity index (χ4n) is 2.45. The van der Waals surface area contributed by atoms with Crippen molar-refractivity contribution in [2.24, 2.45) is 0 Å². The van der Waals surface area contributed by atoms with Crippen LogP contribution in [-0.4, -0.2) is 33.7 Å². The van der Waals surface area contributed by atoms with Crippen molar-refractivity contribution in [3.05, 3.63) is 70.1 Å². The first kappa shape index (κ1) is 19.3. The van der Waals surface area contributed by atoms with Gasteiger partial charge in [0, 0.05) is 0 Å². The first-order valence-electron chi connectivity index (χ1n) is 8.22. The highest BCUT2D eigenvalue weighted by molar-refractivity contribution is 8.18. The maximum Gasteiger partial charge on any atom is 0.335 e. The van der Waals surface area contributed by atoms with E-state index in [1.165, 1.54) is 12.1 Å². The second-order valence-electron chi connectivity index (χ2n) is 5.83. The molecule has 0 radical (unpaired) electrons. The minimum Gasteiger partial charge on any atom is -0.489 e. The van der Waals surface area contributed by atoms with Crippen LogP contribution in [0.3, 0.4) is 0 Å². The second kappa shape index (κ2) is 8.46. The lowest BCUT2D eigenvalue weighted by atomic mass is 10.1. The number of carbonyl (C=O) groups is 3. The molecule has 2 aromatic rings. The van der Waals surface area contributed by atoms with Crippen LogP contribution in [0.2, 0.25) is 0 Å². The summed E-state index contributed by atoms with van der Waals surface area (Å²) in [6.07, 6.45) is 6.81. The number of benzene rings is 2. The van der Waals surface area contributed by atoms with E-state index in [4.69, 9.17) is 16.3 Å². The predicted molar refractivity (Wildman–Crippen MR) is 106 cm³/mol. The molecule has 1 fully saturated rings. The number of aromatic carboxylic acids is 1. The van der Waals surface area contributed by atoms with Crippen molar-refractivity contribution in [3.8, 4) is 18.1 Å². The van der Waals surface area contributed by atoms with E-state index in [0.29, 0.717) is 17.3 Å². The van der Waals surface area contributed by atoms with Crippen LogP contribution in [0.4, 0.5) is 4.79 Å². The van der Waals surface area contributed by atoms with E-state index in [-0.39, 0.29) is 17.3 Å². The van der Waals surface area contributed by atoms with Gasteiger partial charge >= 0.3 is 5.97 Å². The number of carboxylic acids is 1. The lowest BCUT2D eigenvalue weighted by Gasteiger charge is -2.07. The van der Waals surface area contributed by atoms with Crippen molar-refractivity contribution in [2.75, 3.05) is 6.54 Å². The molecule has 140 valence electrons. The Morgan fingerprint density at radius 2 is 1.82 bits per heavy atom. The van der Waals surface area contributed by atoms with Gasteiger partial charge in [-0.25, -0.2) is 4.79 Å². The Balaban J connectivity index is 1.62. The average Bonchev–Trinajstić information content (AvgIpc) is 2.95. The van der Waals surface area contributed by atoms with E-state index in [0.717, 1.165) is 27.8 Å². The Labute approximate surface area is 165 Å². The molecule has 1 aliphatic rings. The van der Waals surface area contributed by atoms with E-state index in [9.17, 15) is 14.4 Å². The number of nitrogens with zero attached hydrogens (tertiary/aromatic N) is 1. The third kappa shape index (κ3) is 4.42. The normalized spacial score (nSPS) is 15.0. The molecule has 0 aliphatic carbocycles. The van der Waals surface area contributed by atoms with Crippen molar-refractivity contribution in [1.82, 2.24) is 4.90 Å². The molecule has 0 saturated carbocycles. The number of imide groups is 1. The summed E-state index contributed by atoms with van der Waals surface area (Å²) < 4.78 is 5.68. The molecule has 1 N–H and O–H groups in total. The molecule has 1 heterocycles. The van der Waals surface area contributed by atoms with Crippen LogP contribution in [0.5, 0.6) is 5.75 Å². The fourth-order valence-corrected chi connectivity index (χ4v) is 3.29. The Morgan fingerprint density at radius 1 is 1.14 bits per heavy atom. The smallest absolute Gasteiger partial charge is 0.335 e. The molecule has 0 atom stereocenters. The third-order valence-electron chi connectivity index (χ3n) is 3.91. The zero-order valence-corrected chi connectivity index (χ0v) is 15.4. The van der Waals surface area contributed by atoms with E-state index < -0.39 is 11.9 Å². The van der Waals surface area contributed by atoms with E-state index in [2.05, 4.69) is 5.92 Å². The zero-order chi connectivity index (χ0) is 20.1. The van der Waals surface area contributed by atoms with Crippen LogP contribution in [0.1, 0.15) is 21.5 Å². The number of hydrogen-bond acceptors (Lipinski definition) is 5. The van der Waals surface area contributed by atoms with Gasteiger partial charge in [0.15, 0.2) is 0 Å². The Morgan fingerprint density at radius 3 is 2.43 bits per heavy atom. The van der Waals surface area contributed by atoms with Gasteiger partial charge in [-0.15, -0.1) is 6.42 Å². The molecule has 2 aromatic carbocycles. The number of ether oxygens (including phenoxy) is 1. The van der Waals surface area contributed by atoms with E-state index in [1.807, 2.05) is 0 Å². The van der Waals surface area contributed by atoms with Gasteiger partial charge < -0.3 is 9.84 Å². The second-order valence-corrected chi connectivity index (χ2v) is 6.82. The lowest BCUT2D eigenvalue weighted by molar-refractivity contribution is -0.122. The number of rotatable bonds is 6. The maximum atomic E-state index is 12.2. The van der Waals surface area contributed by atoms with Gasteiger partial charge in [-0.1, -0.05) is 30.2 Å². The van der Waals surface area contributed by atoms with E-state index >= 15 is 0 Å². The number of carbonyl (C=O) groups excluding carboxylic acids is 2. The molecule has 1 saturated heterocycles. The average molecular weight is 393 g/mol. The molecule has 3 rings (SSSR count). The highest BCUT2D eigenvalue weighted by Crippen LogP contribution is 2.32. The van der Waals surface area contributed by atoms with Crippen LogP contribution in [-0.2, 0) is 11.4 Å². The molecule has 0 unspecified atom stereocenters. The van der Waals surface area contributed by atoms with Crippen molar-refractivity contribution in [1.29, 1.82) is 0 Å². The van der Waals surface area contributed by atoms with Crippen LogP contribution >= 0.6 is 11.8 Å². The van der Waals surface area contributed by atoms with Crippen LogP contribution < -0.4 is 4.74 Å². The van der Waals surface area contributed by atoms with Gasteiger partial charge in [0.05, 0.1) is 17.0 Å². The molecular weight excluding hydrogens is 378 g/mol. The quantitative estimate of drug-likeness (QED) is 0.596. The molecule has 2 amide bonds. The topological polar surface area (TPSA) is 83.9 Å². The molecule has 0 aromatic heterocycles. The predicted octanol–water partition coefficient (Wildman–Crippen LogP) is 3.63. The van der Waals surface area contributed by atoms with Crippen molar-refractivity contribution < 1.29 is 24.2 Å². The Kier molecular flexibility index (Phi) is 5.82. The van der Waals surface area contributed by atoms with Gasteiger partial charge in [-0.2, -0.15) is 0 Å². The number of amides is 2. The molecule has 1 aliphatic heterocycles. The number of thioether (sulfide) groups is 1. The molecular formula is C21H15NO5S. The van der Waals surface area contributed by atoms with Crippen LogP contribution in [0, 0.1) is 12.3 Å². The van der Waals surface area contributed by atoms with Crippen LogP contribution in [0.25, 0.3) is 6.08 Å². The van der Waals surface area contributed by atoms with Gasteiger partial charge in [-0.3, -0.25) is 14.5 Å². The minimum absolute atomic E-state index is 0.0395. The number of carboxylic acid groups (broad SMARTS) is 1. The summed E-state index contributed by atoms with van der Waals surface area (Å²) in [6, 6.07) is 13.5. The third-order valence-corrected chi connectivity index (χ3v) is 4.81. The van der Waals surface area contributed by atoms with Crippen LogP contribution in [0.15, 0.2) is 53.4 Å². The van der Waals surface area contributed by atoms with Crippen molar-refractivity contribution >= 4 is 35.0 Å². The van der Waals surface area contributed by atoms with Gasteiger partial charge in [-0.05, 0) is 53.2 Å².